The molecule has 4 nitrogen and oxygen atoms in total. The van der Waals surface area contributed by atoms with Crippen molar-refractivity contribution in [1.29, 1.82) is 0 Å². The highest BCUT2D eigenvalue weighted by atomic mass is 16.5. The molecule has 1 aliphatic carbocycles. The molecule has 0 heterocycles. The zero-order valence-corrected chi connectivity index (χ0v) is 8.30. The molecule has 0 amide bonds. The Labute approximate surface area is 87.2 Å². The number of hydrogen-bond acceptors (Lipinski definition) is 4. The Kier molecular flexibility index (Phi) is 2.41. The number of fused-ring (bicyclic) bond motifs is 1. The largest absolute Gasteiger partial charge is 0.469 e. The smallest absolute Gasteiger partial charge is 0.313 e. The van der Waals surface area contributed by atoms with E-state index in [1.165, 1.54) is 7.11 Å². The molecular formula is C11H11NO3. The van der Waals surface area contributed by atoms with E-state index in [1.807, 2.05) is 24.3 Å². The van der Waals surface area contributed by atoms with Crippen LogP contribution < -0.4 is 0 Å². The van der Waals surface area contributed by atoms with E-state index in [4.69, 9.17) is 9.94 Å². The van der Waals surface area contributed by atoms with Gasteiger partial charge in [0.15, 0.2) is 0 Å². The molecule has 0 aliphatic heterocycles. The van der Waals surface area contributed by atoms with E-state index in [-0.39, 0.29) is 11.9 Å². The maximum Gasteiger partial charge on any atom is 0.313 e. The highest BCUT2D eigenvalue weighted by Crippen LogP contribution is 2.33. The summed E-state index contributed by atoms with van der Waals surface area (Å²) in [6.07, 6.45) is 0.405. The fraction of sp³-hybridized carbons (Fsp3) is 0.273. The zero-order valence-electron chi connectivity index (χ0n) is 8.30. The van der Waals surface area contributed by atoms with Crippen LogP contribution in [0, 0.1) is 0 Å². The quantitative estimate of drug-likeness (QED) is 0.429. The van der Waals surface area contributed by atoms with Gasteiger partial charge >= 0.3 is 5.97 Å². The van der Waals surface area contributed by atoms with Gasteiger partial charge in [-0.15, -0.1) is 0 Å². The molecule has 1 aromatic rings. The first-order chi connectivity index (χ1) is 7.27. The van der Waals surface area contributed by atoms with E-state index in [0.29, 0.717) is 12.1 Å². The van der Waals surface area contributed by atoms with Crippen molar-refractivity contribution in [3.8, 4) is 0 Å². The van der Waals surface area contributed by atoms with Gasteiger partial charge in [-0.3, -0.25) is 4.79 Å². The van der Waals surface area contributed by atoms with E-state index in [1.54, 1.807) is 0 Å². The fourth-order valence-electron chi connectivity index (χ4n) is 1.92. The number of rotatable bonds is 1. The maximum atomic E-state index is 11.5. The van der Waals surface area contributed by atoms with Crippen molar-refractivity contribution in [3.05, 3.63) is 35.4 Å². The molecule has 1 atom stereocenters. The molecule has 1 unspecified atom stereocenters. The van der Waals surface area contributed by atoms with Crippen LogP contribution in [0.15, 0.2) is 29.4 Å². The molecule has 1 N–H and O–H groups in total. The predicted molar refractivity (Wildman–Crippen MR) is 54.1 cm³/mol. The number of carbonyl (C=O) groups is 1. The molecule has 4 heteroatoms. The summed E-state index contributed by atoms with van der Waals surface area (Å²) in [5.41, 5.74) is 2.24. The average Bonchev–Trinajstić information content (AvgIpc) is 2.67. The maximum absolute atomic E-state index is 11.5. The molecule has 15 heavy (non-hydrogen) atoms. The number of nitrogens with zero attached hydrogens (tertiary/aromatic N) is 1. The van der Waals surface area contributed by atoms with E-state index in [2.05, 4.69) is 5.16 Å². The highest BCUT2D eigenvalue weighted by molar-refractivity contribution is 6.08. The number of carbonyl (C=O) groups excluding carboxylic acids is 1. The number of ether oxygens (including phenoxy) is 1. The van der Waals surface area contributed by atoms with Crippen molar-refractivity contribution in [2.75, 3.05) is 7.11 Å². The summed E-state index contributed by atoms with van der Waals surface area (Å²) < 4.78 is 4.71. The summed E-state index contributed by atoms with van der Waals surface area (Å²) in [6.45, 7) is 0. The number of esters is 1. The second-order valence-corrected chi connectivity index (χ2v) is 3.41. The van der Waals surface area contributed by atoms with E-state index < -0.39 is 0 Å². The molecule has 0 bridgehead atoms. The molecule has 0 fully saturated rings. The summed E-state index contributed by atoms with van der Waals surface area (Å²) in [5, 5.41) is 12.0. The van der Waals surface area contributed by atoms with Gasteiger partial charge in [-0.05, 0) is 5.56 Å². The van der Waals surface area contributed by atoms with Crippen LogP contribution in [-0.2, 0) is 9.53 Å². The monoisotopic (exact) mass is 205 g/mol. The molecule has 0 radical (unpaired) electrons. The fourth-order valence-corrected chi connectivity index (χ4v) is 1.92. The summed E-state index contributed by atoms with van der Waals surface area (Å²) in [5.74, 6) is -0.627. The Morgan fingerprint density at radius 1 is 1.53 bits per heavy atom. The first kappa shape index (κ1) is 9.71. The molecule has 2 rings (SSSR count). The summed E-state index contributed by atoms with van der Waals surface area (Å²) in [6, 6.07) is 7.40. The first-order valence-corrected chi connectivity index (χ1v) is 4.66. The topological polar surface area (TPSA) is 58.9 Å². The Hall–Kier alpha value is -1.84. The van der Waals surface area contributed by atoms with E-state index in [0.717, 1.165) is 11.1 Å². The zero-order chi connectivity index (χ0) is 10.8. The molecule has 0 saturated heterocycles. The van der Waals surface area contributed by atoms with Crippen LogP contribution in [0.2, 0.25) is 0 Å². The lowest BCUT2D eigenvalue weighted by Gasteiger charge is -2.06. The standard InChI is InChI=1S/C11H11NO3/c1-15-11(13)9-6-10(12-14)8-5-3-2-4-7(8)9/h2-5,9,14H,6H2,1H3/b12-10+. The van der Waals surface area contributed by atoms with Crippen LogP contribution in [-0.4, -0.2) is 24.0 Å². The van der Waals surface area contributed by atoms with Crippen LogP contribution in [0.25, 0.3) is 0 Å². The Bertz CT molecular complexity index is 426. The third kappa shape index (κ3) is 1.48. The lowest BCUT2D eigenvalue weighted by Crippen LogP contribution is -2.11. The molecule has 0 saturated carbocycles. The minimum absolute atomic E-state index is 0.291. The lowest BCUT2D eigenvalue weighted by atomic mass is 10.0. The molecule has 0 aromatic heterocycles. The van der Waals surface area contributed by atoms with Crippen molar-refractivity contribution in [3.63, 3.8) is 0 Å². The van der Waals surface area contributed by atoms with Crippen molar-refractivity contribution in [2.24, 2.45) is 5.16 Å². The summed E-state index contributed by atoms with van der Waals surface area (Å²) in [4.78, 5) is 11.5. The van der Waals surface area contributed by atoms with Crippen LogP contribution in [0.4, 0.5) is 0 Å². The average molecular weight is 205 g/mol. The summed E-state index contributed by atoms with van der Waals surface area (Å²) in [7, 11) is 1.36. The van der Waals surface area contributed by atoms with Gasteiger partial charge in [0.05, 0.1) is 18.7 Å². The third-order valence-corrected chi connectivity index (χ3v) is 2.65. The van der Waals surface area contributed by atoms with Crippen molar-refractivity contribution >= 4 is 11.7 Å². The first-order valence-electron chi connectivity index (χ1n) is 4.66. The highest BCUT2D eigenvalue weighted by Gasteiger charge is 2.33. The number of benzene rings is 1. The second-order valence-electron chi connectivity index (χ2n) is 3.41. The normalized spacial score (nSPS) is 21.4. The Morgan fingerprint density at radius 3 is 2.93 bits per heavy atom. The van der Waals surface area contributed by atoms with Crippen LogP contribution in [0.3, 0.4) is 0 Å². The van der Waals surface area contributed by atoms with E-state index >= 15 is 0 Å². The van der Waals surface area contributed by atoms with Gasteiger partial charge in [0.1, 0.15) is 0 Å². The van der Waals surface area contributed by atoms with E-state index in [9.17, 15) is 4.79 Å². The van der Waals surface area contributed by atoms with Crippen molar-refractivity contribution < 1.29 is 14.7 Å². The van der Waals surface area contributed by atoms with Gasteiger partial charge in [-0.1, -0.05) is 29.4 Å². The van der Waals surface area contributed by atoms with Crippen molar-refractivity contribution in [1.82, 2.24) is 0 Å². The van der Waals surface area contributed by atoms with Crippen LogP contribution in [0.5, 0.6) is 0 Å². The van der Waals surface area contributed by atoms with Gasteiger partial charge in [0, 0.05) is 12.0 Å². The van der Waals surface area contributed by atoms with Gasteiger partial charge in [0.25, 0.3) is 0 Å². The van der Waals surface area contributed by atoms with Gasteiger partial charge in [-0.2, -0.15) is 0 Å². The minimum atomic E-state index is -0.336. The second kappa shape index (κ2) is 3.73. The number of methoxy groups -OCH3 is 1. The minimum Gasteiger partial charge on any atom is -0.469 e. The third-order valence-electron chi connectivity index (χ3n) is 2.65. The Morgan fingerprint density at radius 2 is 2.27 bits per heavy atom. The van der Waals surface area contributed by atoms with Crippen LogP contribution in [0.1, 0.15) is 23.5 Å². The molecule has 1 aliphatic rings. The van der Waals surface area contributed by atoms with Crippen molar-refractivity contribution in [2.45, 2.75) is 12.3 Å². The van der Waals surface area contributed by atoms with Gasteiger partial charge < -0.3 is 9.94 Å². The lowest BCUT2D eigenvalue weighted by molar-refractivity contribution is -0.142. The molecular weight excluding hydrogens is 194 g/mol. The molecule has 78 valence electrons. The SMILES string of the molecule is COC(=O)C1C/C(=N\O)c2ccccc21. The number of oxime groups is 1. The predicted octanol–water partition coefficient (Wildman–Crippen LogP) is 1.53. The van der Waals surface area contributed by atoms with Crippen LogP contribution >= 0.6 is 0 Å². The molecule has 1 aromatic carbocycles. The molecule has 0 spiro atoms. The van der Waals surface area contributed by atoms with Gasteiger partial charge in [0.2, 0.25) is 0 Å². The van der Waals surface area contributed by atoms with Gasteiger partial charge in [-0.25, -0.2) is 0 Å². The summed E-state index contributed by atoms with van der Waals surface area (Å²) >= 11 is 0. The number of hydrogen-bond donors (Lipinski definition) is 1. The Balaban J connectivity index is 2.46.